The van der Waals surface area contributed by atoms with Gasteiger partial charge in [0.1, 0.15) is 5.82 Å². The minimum Gasteiger partial charge on any atom is -0.368 e. The summed E-state index contributed by atoms with van der Waals surface area (Å²) in [7, 11) is 3.77. The SMILES string of the molecule is CN(C)c1nc(N)nc(CN2CCCC2CN)n1. The van der Waals surface area contributed by atoms with Gasteiger partial charge in [-0.2, -0.15) is 15.0 Å². The molecule has 0 amide bonds. The number of aromatic nitrogens is 3. The molecule has 7 heteroatoms. The van der Waals surface area contributed by atoms with Crippen molar-refractivity contribution in [2.45, 2.75) is 25.4 Å². The average Bonchev–Trinajstić information content (AvgIpc) is 2.75. The van der Waals surface area contributed by atoms with Gasteiger partial charge in [-0.25, -0.2) is 0 Å². The van der Waals surface area contributed by atoms with Gasteiger partial charge in [0, 0.05) is 26.7 Å². The molecule has 2 rings (SSSR count). The van der Waals surface area contributed by atoms with E-state index in [0.717, 1.165) is 13.0 Å². The van der Waals surface area contributed by atoms with Crippen molar-refractivity contribution in [2.24, 2.45) is 5.73 Å². The Labute approximate surface area is 107 Å². The van der Waals surface area contributed by atoms with Gasteiger partial charge in [0.25, 0.3) is 0 Å². The van der Waals surface area contributed by atoms with Crippen molar-refractivity contribution in [3.05, 3.63) is 5.82 Å². The Morgan fingerprint density at radius 1 is 1.33 bits per heavy atom. The number of rotatable bonds is 4. The normalized spacial score (nSPS) is 20.3. The number of likely N-dealkylation sites (tertiary alicyclic amines) is 1. The molecule has 1 saturated heterocycles. The van der Waals surface area contributed by atoms with E-state index in [-0.39, 0.29) is 5.95 Å². The molecule has 0 saturated carbocycles. The second-order valence-corrected chi connectivity index (χ2v) is 4.81. The van der Waals surface area contributed by atoms with Gasteiger partial charge in [-0.3, -0.25) is 4.90 Å². The highest BCUT2D eigenvalue weighted by atomic mass is 15.3. The second kappa shape index (κ2) is 5.45. The van der Waals surface area contributed by atoms with Gasteiger partial charge < -0.3 is 16.4 Å². The fourth-order valence-corrected chi connectivity index (χ4v) is 2.25. The molecule has 1 fully saturated rings. The van der Waals surface area contributed by atoms with Crippen molar-refractivity contribution >= 4 is 11.9 Å². The Balaban J connectivity index is 2.13. The molecule has 1 aliphatic rings. The van der Waals surface area contributed by atoms with E-state index in [2.05, 4.69) is 19.9 Å². The summed E-state index contributed by atoms with van der Waals surface area (Å²) in [5, 5.41) is 0. The van der Waals surface area contributed by atoms with Crippen LogP contribution in [0.4, 0.5) is 11.9 Å². The van der Waals surface area contributed by atoms with Crippen molar-refractivity contribution in [2.75, 3.05) is 37.8 Å². The first kappa shape index (κ1) is 13.0. The standard InChI is InChI=1S/C11H21N7/c1-17(2)11-15-9(14-10(13)16-11)7-18-5-3-4-8(18)6-12/h8H,3-7,12H2,1-2H3,(H2,13,14,15,16). The predicted octanol–water partition coefficient (Wildman–Crippen LogP) is -0.557. The fraction of sp³-hybridized carbons (Fsp3) is 0.727. The Hall–Kier alpha value is -1.47. The van der Waals surface area contributed by atoms with Gasteiger partial charge in [0.05, 0.1) is 6.54 Å². The molecule has 1 aromatic heterocycles. The van der Waals surface area contributed by atoms with Crippen LogP contribution in [0.15, 0.2) is 0 Å². The van der Waals surface area contributed by atoms with Gasteiger partial charge in [0.2, 0.25) is 11.9 Å². The molecule has 2 heterocycles. The maximum Gasteiger partial charge on any atom is 0.229 e. The number of hydrogen-bond acceptors (Lipinski definition) is 7. The number of anilines is 2. The van der Waals surface area contributed by atoms with Crippen molar-refractivity contribution < 1.29 is 0 Å². The van der Waals surface area contributed by atoms with E-state index >= 15 is 0 Å². The molecule has 0 aromatic carbocycles. The summed E-state index contributed by atoms with van der Waals surface area (Å²) in [5.74, 6) is 1.58. The van der Waals surface area contributed by atoms with Crippen LogP contribution in [0.5, 0.6) is 0 Å². The Bertz CT molecular complexity index is 406. The topological polar surface area (TPSA) is 97.2 Å². The summed E-state index contributed by atoms with van der Waals surface area (Å²) in [4.78, 5) is 16.8. The highest BCUT2D eigenvalue weighted by molar-refractivity contribution is 5.32. The second-order valence-electron chi connectivity index (χ2n) is 4.81. The summed E-state index contributed by atoms with van der Waals surface area (Å²) >= 11 is 0. The Morgan fingerprint density at radius 2 is 2.11 bits per heavy atom. The van der Waals surface area contributed by atoms with Crippen molar-refractivity contribution in [3.8, 4) is 0 Å². The predicted molar refractivity (Wildman–Crippen MR) is 71.1 cm³/mol. The highest BCUT2D eigenvalue weighted by Crippen LogP contribution is 2.18. The maximum absolute atomic E-state index is 5.76. The maximum atomic E-state index is 5.76. The molecule has 7 nitrogen and oxygen atoms in total. The molecule has 0 aliphatic carbocycles. The van der Waals surface area contributed by atoms with Gasteiger partial charge in [-0.15, -0.1) is 0 Å². The van der Waals surface area contributed by atoms with E-state index < -0.39 is 0 Å². The monoisotopic (exact) mass is 251 g/mol. The van der Waals surface area contributed by atoms with E-state index in [1.54, 1.807) is 0 Å². The van der Waals surface area contributed by atoms with Gasteiger partial charge in [-0.1, -0.05) is 0 Å². The Morgan fingerprint density at radius 3 is 2.78 bits per heavy atom. The van der Waals surface area contributed by atoms with E-state index in [1.807, 2.05) is 19.0 Å². The first-order valence-corrected chi connectivity index (χ1v) is 6.22. The van der Waals surface area contributed by atoms with Crippen molar-refractivity contribution in [3.63, 3.8) is 0 Å². The Kier molecular flexibility index (Phi) is 3.93. The zero-order chi connectivity index (χ0) is 13.1. The summed E-state index contributed by atoms with van der Waals surface area (Å²) in [5.41, 5.74) is 11.5. The van der Waals surface area contributed by atoms with Gasteiger partial charge in [-0.05, 0) is 19.4 Å². The van der Waals surface area contributed by atoms with Crippen LogP contribution in [0, 0.1) is 0 Å². The lowest BCUT2D eigenvalue weighted by Gasteiger charge is -2.22. The lowest BCUT2D eigenvalue weighted by atomic mass is 10.2. The minimum absolute atomic E-state index is 0.271. The molecule has 0 spiro atoms. The molecule has 1 aliphatic heterocycles. The van der Waals surface area contributed by atoms with Crippen LogP contribution in [0.25, 0.3) is 0 Å². The van der Waals surface area contributed by atoms with Crippen LogP contribution in [-0.2, 0) is 6.54 Å². The first-order chi connectivity index (χ1) is 8.60. The lowest BCUT2D eigenvalue weighted by Crippen LogP contribution is -2.35. The smallest absolute Gasteiger partial charge is 0.229 e. The lowest BCUT2D eigenvalue weighted by molar-refractivity contribution is 0.244. The summed E-state index contributed by atoms with van der Waals surface area (Å²) in [6.45, 7) is 2.42. The summed E-state index contributed by atoms with van der Waals surface area (Å²) < 4.78 is 0. The van der Waals surface area contributed by atoms with Crippen LogP contribution in [0.3, 0.4) is 0 Å². The molecule has 0 radical (unpaired) electrons. The first-order valence-electron chi connectivity index (χ1n) is 6.22. The summed E-state index contributed by atoms with van der Waals surface area (Å²) in [6.07, 6.45) is 2.33. The minimum atomic E-state index is 0.271. The van der Waals surface area contributed by atoms with Crippen molar-refractivity contribution in [1.29, 1.82) is 0 Å². The molecule has 1 atom stereocenters. The van der Waals surface area contributed by atoms with E-state index in [9.17, 15) is 0 Å². The number of hydrogen-bond donors (Lipinski definition) is 2. The molecule has 0 bridgehead atoms. The zero-order valence-electron chi connectivity index (χ0n) is 11.0. The van der Waals surface area contributed by atoms with Crippen LogP contribution in [-0.4, -0.2) is 53.1 Å². The third-order valence-corrected chi connectivity index (χ3v) is 3.20. The zero-order valence-corrected chi connectivity index (χ0v) is 11.0. The molecular weight excluding hydrogens is 230 g/mol. The summed E-state index contributed by atoms with van der Waals surface area (Å²) in [6, 6.07) is 0.436. The van der Waals surface area contributed by atoms with Crippen molar-refractivity contribution in [1.82, 2.24) is 19.9 Å². The number of nitrogen functional groups attached to an aromatic ring is 1. The van der Waals surface area contributed by atoms with Crippen LogP contribution >= 0.6 is 0 Å². The van der Waals surface area contributed by atoms with E-state index in [1.165, 1.54) is 6.42 Å². The molecule has 1 aromatic rings. The van der Waals surface area contributed by atoms with Gasteiger partial charge in [0.15, 0.2) is 0 Å². The third kappa shape index (κ3) is 2.85. The average molecular weight is 251 g/mol. The van der Waals surface area contributed by atoms with E-state index in [4.69, 9.17) is 11.5 Å². The fourth-order valence-electron chi connectivity index (χ4n) is 2.25. The van der Waals surface area contributed by atoms with E-state index in [0.29, 0.717) is 30.9 Å². The highest BCUT2D eigenvalue weighted by Gasteiger charge is 2.24. The number of nitrogens with two attached hydrogens (primary N) is 2. The van der Waals surface area contributed by atoms with Crippen LogP contribution in [0.1, 0.15) is 18.7 Å². The number of nitrogens with zero attached hydrogens (tertiary/aromatic N) is 5. The molecule has 18 heavy (non-hydrogen) atoms. The quantitative estimate of drug-likeness (QED) is 0.740. The molecular formula is C11H21N7. The third-order valence-electron chi connectivity index (χ3n) is 3.20. The van der Waals surface area contributed by atoms with Crippen LogP contribution < -0.4 is 16.4 Å². The largest absolute Gasteiger partial charge is 0.368 e. The molecule has 1 unspecified atom stereocenters. The molecule has 100 valence electrons. The molecule has 4 N–H and O–H groups in total. The van der Waals surface area contributed by atoms with Gasteiger partial charge >= 0.3 is 0 Å². The van der Waals surface area contributed by atoms with Crippen LogP contribution in [0.2, 0.25) is 0 Å².